The van der Waals surface area contributed by atoms with Crippen LogP contribution in [0.1, 0.15) is 28.0 Å². The Labute approximate surface area is 135 Å². The largest absolute Gasteiger partial charge is 0.336 e. The van der Waals surface area contributed by atoms with Crippen molar-refractivity contribution in [2.45, 2.75) is 25.8 Å². The van der Waals surface area contributed by atoms with Crippen LogP contribution in [0, 0.1) is 0 Å². The number of aryl methyl sites for hydroxylation is 2. The molecule has 5 rings (SSSR count). The number of nitrogens with zero attached hydrogens (tertiary/aromatic N) is 2. The number of carbonyl (C=O) groups is 1. The van der Waals surface area contributed by atoms with Gasteiger partial charge in [0, 0.05) is 24.2 Å². The molecule has 0 N–H and O–H groups in total. The first-order chi connectivity index (χ1) is 11.3. The molecule has 0 saturated carbocycles. The number of carbonyl (C=O) groups excluding carboxylic acids is 1. The molecule has 23 heavy (non-hydrogen) atoms. The van der Waals surface area contributed by atoms with Gasteiger partial charge >= 0.3 is 0 Å². The molecule has 2 aliphatic rings. The Balaban J connectivity index is 1.73. The number of rotatable bonds is 1. The zero-order valence-corrected chi connectivity index (χ0v) is 13.0. The van der Waals surface area contributed by atoms with E-state index in [-0.39, 0.29) is 5.91 Å². The summed E-state index contributed by atoms with van der Waals surface area (Å²) in [5, 5.41) is 1.29. The first kappa shape index (κ1) is 12.9. The predicted octanol–water partition coefficient (Wildman–Crippen LogP) is 3.79. The van der Waals surface area contributed by atoms with Gasteiger partial charge in [0.05, 0.1) is 5.52 Å². The molecule has 3 heteroatoms. The number of anilines is 1. The number of fused-ring (bicyclic) bond motifs is 3. The Kier molecular flexibility index (Phi) is 2.66. The van der Waals surface area contributed by atoms with E-state index in [1.165, 1.54) is 22.0 Å². The van der Waals surface area contributed by atoms with Gasteiger partial charge in [-0.3, -0.25) is 4.79 Å². The van der Waals surface area contributed by atoms with Gasteiger partial charge in [-0.25, -0.2) is 0 Å². The molecule has 1 aromatic heterocycles. The van der Waals surface area contributed by atoms with Gasteiger partial charge in [0.25, 0.3) is 5.91 Å². The van der Waals surface area contributed by atoms with Crippen LogP contribution in [0.3, 0.4) is 0 Å². The maximum atomic E-state index is 13.2. The first-order valence-electron chi connectivity index (χ1n) is 8.34. The van der Waals surface area contributed by atoms with Crippen LogP contribution in [-0.4, -0.2) is 17.0 Å². The van der Waals surface area contributed by atoms with E-state index in [1.54, 1.807) is 0 Å². The number of para-hydroxylation sites is 2. The summed E-state index contributed by atoms with van der Waals surface area (Å²) in [6.07, 6.45) is 3.17. The van der Waals surface area contributed by atoms with Crippen LogP contribution in [0.4, 0.5) is 5.69 Å². The molecule has 0 bridgehead atoms. The Morgan fingerprint density at radius 1 is 0.870 bits per heavy atom. The molecule has 0 saturated heterocycles. The number of amides is 1. The Morgan fingerprint density at radius 2 is 1.74 bits per heavy atom. The molecule has 0 fully saturated rings. The Morgan fingerprint density at radius 3 is 2.61 bits per heavy atom. The van der Waals surface area contributed by atoms with E-state index in [9.17, 15) is 4.79 Å². The highest BCUT2D eigenvalue weighted by Gasteiger charge is 2.33. The second-order valence-corrected chi connectivity index (χ2v) is 6.44. The molecule has 0 unspecified atom stereocenters. The van der Waals surface area contributed by atoms with Crippen LogP contribution in [0.5, 0.6) is 0 Å². The lowest BCUT2D eigenvalue weighted by atomic mass is 10.00. The van der Waals surface area contributed by atoms with Crippen LogP contribution in [0.2, 0.25) is 0 Å². The van der Waals surface area contributed by atoms with Gasteiger partial charge in [-0.2, -0.15) is 0 Å². The first-order valence-corrected chi connectivity index (χ1v) is 8.34. The molecule has 3 heterocycles. The summed E-state index contributed by atoms with van der Waals surface area (Å²) in [6.45, 7) is 1.72. The van der Waals surface area contributed by atoms with Gasteiger partial charge in [-0.15, -0.1) is 0 Å². The summed E-state index contributed by atoms with van der Waals surface area (Å²) in [6, 6.07) is 16.6. The molecule has 114 valence electrons. The summed E-state index contributed by atoms with van der Waals surface area (Å²) in [4.78, 5) is 15.1. The Hall–Kier alpha value is -2.55. The highest BCUT2D eigenvalue weighted by Crippen LogP contribution is 2.36. The fourth-order valence-electron chi connectivity index (χ4n) is 4.21. The van der Waals surface area contributed by atoms with Crippen molar-refractivity contribution < 1.29 is 4.79 Å². The van der Waals surface area contributed by atoms with Crippen molar-refractivity contribution in [3.8, 4) is 0 Å². The van der Waals surface area contributed by atoms with Gasteiger partial charge in [0.15, 0.2) is 0 Å². The highest BCUT2D eigenvalue weighted by atomic mass is 16.2. The quantitative estimate of drug-likeness (QED) is 0.671. The van der Waals surface area contributed by atoms with Crippen LogP contribution >= 0.6 is 0 Å². The van der Waals surface area contributed by atoms with Crippen molar-refractivity contribution in [3.05, 3.63) is 65.4 Å². The summed E-state index contributed by atoms with van der Waals surface area (Å²) < 4.78 is 2.28. The lowest BCUT2D eigenvalue weighted by Crippen LogP contribution is -2.38. The van der Waals surface area contributed by atoms with Gasteiger partial charge in [0.2, 0.25) is 0 Å². The molecule has 2 aromatic carbocycles. The Bertz CT molecular complexity index is 924. The average molecular weight is 302 g/mol. The maximum Gasteiger partial charge on any atom is 0.275 e. The van der Waals surface area contributed by atoms with Crippen molar-refractivity contribution in [2.24, 2.45) is 0 Å². The van der Waals surface area contributed by atoms with E-state index in [0.29, 0.717) is 0 Å². The monoisotopic (exact) mass is 302 g/mol. The predicted molar refractivity (Wildman–Crippen MR) is 92.1 cm³/mol. The second kappa shape index (κ2) is 4.72. The molecule has 1 amide bonds. The number of hydrogen-bond donors (Lipinski definition) is 0. The van der Waals surface area contributed by atoms with Crippen molar-refractivity contribution in [3.63, 3.8) is 0 Å². The van der Waals surface area contributed by atoms with Crippen LogP contribution < -0.4 is 4.90 Å². The van der Waals surface area contributed by atoms with E-state index < -0.39 is 0 Å². The van der Waals surface area contributed by atoms with E-state index in [1.807, 2.05) is 35.2 Å². The molecule has 3 nitrogen and oxygen atoms in total. The molecule has 0 spiro atoms. The fraction of sp³-hybridized carbons (Fsp3) is 0.250. The average Bonchev–Trinajstić information content (AvgIpc) is 2.93. The zero-order chi connectivity index (χ0) is 15.4. The van der Waals surface area contributed by atoms with Crippen molar-refractivity contribution in [1.82, 2.24) is 4.57 Å². The summed E-state index contributed by atoms with van der Waals surface area (Å²) in [7, 11) is 0. The number of aromatic nitrogens is 1. The van der Waals surface area contributed by atoms with Gasteiger partial charge in [-0.1, -0.05) is 36.4 Å². The molecule has 3 aromatic rings. The van der Waals surface area contributed by atoms with Gasteiger partial charge in [-0.05, 0) is 42.5 Å². The van der Waals surface area contributed by atoms with Crippen LogP contribution in [0.25, 0.3) is 10.9 Å². The van der Waals surface area contributed by atoms with Crippen molar-refractivity contribution in [1.29, 1.82) is 0 Å². The summed E-state index contributed by atoms with van der Waals surface area (Å²) >= 11 is 0. The number of benzene rings is 2. The third-order valence-electron chi connectivity index (χ3n) is 5.20. The molecular formula is C20H18N2O. The minimum atomic E-state index is 0.154. The van der Waals surface area contributed by atoms with Gasteiger partial charge in [0.1, 0.15) is 5.69 Å². The van der Waals surface area contributed by atoms with Crippen LogP contribution in [-0.2, 0) is 19.4 Å². The second-order valence-electron chi connectivity index (χ2n) is 6.44. The van der Waals surface area contributed by atoms with Gasteiger partial charge < -0.3 is 9.47 Å². The van der Waals surface area contributed by atoms with E-state index in [0.717, 1.165) is 43.7 Å². The SMILES string of the molecule is O=C1c2c(c3cccc4c3n2CCC4)CCN1c1ccccc1. The third-order valence-corrected chi connectivity index (χ3v) is 5.20. The molecule has 2 aliphatic heterocycles. The van der Waals surface area contributed by atoms with E-state index in [2.05, 4.69) is 22.8 Å². The third kappa shape index (κ3) is 1.73. The normalized spacial score (nSPS) is 16.7. The topological polar surface area (TPSA) is 25.2 Å². The molecule has 0 radical (unpaired) electrons. The smallest absolute Gasteiger partial charge is 0.275 e. The summed E-state index contributed by atoms with van der Waals surface area (Å²) in [5.41, 5.74) is 5.86. The summed E-state index contributed by atoms with van der Waals surface area (Å²) in [5.74, 6) is 0.154. The van der Waals surface area contributed by atoms with Crippen molar-refractivity contribution >= 4 is 22.5 Å². The van der Waals surface area contributed by atoms with Crippen LogP contribution in [0.15, 0.2) is 48.5 Å². The molecular weight excluding hydrogens is 284 g/mol. The van der Waals surface area contributed by atoms with E-state index >= 15 is 0 Å². The standard InChI is InChI=1S/C20H18N2O/c23-20-19-17(11-13-21(20)15-8-2-1-3-9-15)16-10-4-6-14-7-5-12-22(19)18(14)16/h1-4,6,8-10H,5,7,11-13H2. The minimum Gasteiger partial charge on any atom is -0.336 e. The molecule has 0 aliphatic carbocycles. The lowest BCUT2D eigenvalue weighted by molar-refractivity contribution is 0.0971. The number of hydrogen-bond acceptors (Lipinski definition) is 1. The molecule has 0 atom stereocenters. The minimum absolute atomic E-state index is 0.154. The van der Waals surface area contributed by atoms with E-state index in [4.69, 9.17) is 0 Å². The highest BCUT2D eigenvalue weighted by molar-refractivity contribution is 6.11. The fourth-order valence-corrected chi connectivity index (χ4v) is 4.21. The van der Waals surface area contributed by atoms with Crippen molar-refractivity contribution in [2.75, 3.05) is 11.4 Å². The maximum absolute atomic E-state index is 13.2. The zero-order valence-electron chi connectivity index (χ0n) is 13.0. The lowest BCUT2D eigenvalue weighted by Gasteiger charge is -2.28.